The van der Waals surface area contributed by atoms with Gasteiger partial charge in [0.2, 0.25) is 0 Å². The fraction of sp³-hybridized carbons (Fsp3) is 0.0455. The van der Waals surface area contributed by atoms with Crippen LogP contribution in [0.5, 0.6) is 5.75 Å². The zero-order valence-electron chi connectivity index (χ0n) is 14.3. The van der Waals surface area contributed by atoms with Gasteiger partial charge in [-0.25, -0.2) is 0 Å². The van der Waals surface area contributed by atoms with Gasteiger partial charge in [-0.1, -0.05) is 36.4 Å². The van der Waals surface area contributed by atoms with Gasteiger partial charge in [0.05, 0.1) is 4.92 Å². The van der Waals surface area contributed by atoms with Crippen molar-refractivity contribution in [1.29, 1.82) is 0 Å². The third-order valence-corrected chi connectivity index (χ3v) is 4.47. The number of carbonyl (C=O) groups excluding carboxylic acids is 1. The Balaban J connectivity index is 1.59. The molecule has 1 aliphatic rings. The van der Waals surface area contributed by atoms with E-state index in [9.17, 15) is 14.9 Å². The minimum atomic E-state index is -0.490. The Kier molecular flexibility index (Phi) is 4.26. The molecule has 132 valence electrons. The molecule has 0 fully saturated rings. The largest absolute Gasteiger partial charge is 0.488 e. The van der Waals surface area contributed by atoms with Gasteiger partial charge in [-0.2, -0.15) is 0 Å². The number of hydrogen-bond acceptors (Lipinski definition) is 4. The molecule has 0 radical (unpaired) electrons. The zero-order valence-corrected chi connectivity index (χ0v) is 14.3. The number of fused-ring (bicyclic) bond motifs is 3. The Labute approximate surface area is 155 Å². The maximum atomic E-state index is 12.3. The second-order valence-corrected chi connectivity index (χ2v) is 6.21. The average molecular weight is 357 g/mol. The number of nitro groups is 1. The minimum Gasteiger partial charge on any atom is -0.488 e. The molecule has 0 aliphatic carbocycles. The molecule has 5 heteroatoms. The molecule has 1 aliphatic heterocycles. The number of allylic oxidation sites excluding steroid dienone is 1. The highest BCUT2D eigenvalue weighted by molar-refractivity contribution is 6.05. The molecule has 4 rings (SSSR count). The molecule has 0 saturated heterocycles. The molecule has 0 atom stereocenters. The Morgan fingerprint density at radius 2 is 1.81 bits per heavy atom. The van der Waals surface area contributed by atoms with E-state index >= 15 is 0 Å². The molecule has 0 bridgehead atoms. The van der Waals surface area contributed by atoms with Crippen LogP contribution in [-0.2, 0) is 0 Å². The molecular weight excluding hydrogens is 342 g/mol. The van der Waals surface area contributed by atoms with Crippen LogP contribution in [0.4, 0.5) is 5.69 Å². The summed E-state index contributed by atoms with van der Waals surface area (Å²) < 4.78 is 5.82. The summed E-state index contributed by atoms with van der Waals surface area (Å²) in [5.74, 6) is 0.613. The van der Waals surface area contributed by atoms with Crippen molar-refractivity contribution in [2.24, 2.45) is 0 Å². The maximum Gasteiger partial charge on any atom is 0.269 e. The van der Waals surface area contributed by atoms with Gasteiger partial charge in [0, 0.05) is 23.3 Å². The number of hydrogen-bond donors (Lipinski definition) is 0. The van der Waals surface area contributed by atoms with Crippen molar-refractivity contribution in [2.45, 2.75) is 0 Å². The first-order chi connectivity index (χ1) is 13.1. The summed E-state index contributed by atoms with van der Waals surface area (Å²) in [5, 5.41) is 12.9. The van der Waals surface area contributed by atoms with Gasteiger partial charge in [-0.05, 0) is 46.7 Å². The molecule has 27 heavy (non-hydrogen) atoms. The number of nitrogens with zero attached hydrogens (tertiary/aromatic N) is 1. The summed E-state index contributed by atoms with van der Waals surface area (Å²) >= 11 is 0. The van der Waals surface area contributed by atoms with Gasteiger partial charge in [-0.3, -0.25) is 14.9 Å². The van der Waals surface area contributed by atoms with Crippen LogP contribution >= 0.6 is 0 Å². The van der Waals surface area contributed by atoms with Crippen molar-refractivity contribution in [3.05, 3.63) is 99.6 Å². The summed E-state index contributed by atoms with van der Waals surface area (Å²) in [7, 11) is 0. The Hall–Kier alpha value is -3.73. The van der Waals surface area contributed by atoms with E-state index in [4.69, 9.17) is 4.74 Å². The maximum absolute atomic E-state index is 12.3. The fourth-order valence-corrected chi connectivity index (χ4v) is 3.06. The summed E-state index contributed by atoms with van der Waals surface area (Å²) in [6.07, 6.45) is 5.22. The van der Waals surface area contributed by atoms with Crippen LogP contribution in [0.25, 0.3) is 16.8 Å². The van der Waals surface area contributed by atoms with Crippen molar-refractivity contribution < 1.29 is 14.5 Å². The SMILES string of the molecule is O=C(/C=C/C1=Cc2c(ccc3ccccc23)OC1)c1ccc([N+](=O)[O-])cc1. The van der Waals surface area contributed by atoms with Crippen LogP contribution in [-0.4, -0.2) is 17.3 Å². The fourth-order valence-electron chi connectivity index (χ4n) is 3.06. The standard InChI is InChI=1S/C22H15NO4/c24-21(17-6-9-18(10-7-17)23(25)26)11-5-15-13-20-19-4-2-1-3-16(19)8-12-22(20)27-14-15/h1-13H,14H2/b11-5+. The molecule has 3 aromatic rings. The molecule has 5 nitrogen and oxygen atoms in total. The molecule has 0 unspecified atom stereocenters. The van der Waals surface area contributed by atoms with Crippen LogP contribution in [0.15, 0.2) is 78.4 Å². The van der Waals surface area contributed by atoms with E-state index in [1.165, 1.54) is 30.3 Å². The van der Waals surface area contributed by atoms with E-state index in [2.05, 4.69) is 0 Å². The van der Waals surface area contributed by atoms with Crippen molar-refractivity contribution >= 4 is 28.3 Å². The van der Waals surface area contributed by atoms with Crippen molar-refractivity contribution in [2.75, 3.05) is 6.61 Å². The first-order valence-electron chi connectivity index (χ1n) is 8.44. The lowest BCUT2D eigenvalue weighted by atomic mass is 9.99. The lowest BCUT2D eigenvalue weighted by Crippen LogP contribution is -2.06. The summed E-state index contributed by atoms with van der Waals surface area (Å²) in [6, 6.07) is 17.6. The van der Waals surface area contributed by atoms with E-state index in [1.807, 2.05) is 42.5 Å². The summed E-state index contributed by atoms with van der Waals surface area (Å²) in [4.78, 5) is 22.5. The Morgan fingerprint density at radius 1 is 1.04 bits per heavy atom. The predicted octanol–water partition coefficient (Wildman–Crippen LogP) is 4.96. The van der Waals surface area contributed by atoms with Crippen molar-refractivity contribution in [3.63, 3.8) is 0 Å². The first kappa shape index (κ1) is 16.7. The van der Waals surface area contributed by atoms with E-state index in [0.717, 1.165) is 27.7 Å². The van der Waals surface area contributed by atoms with E-state index in [0.29, 0.717) is 12.2 Å². The first-order valence-corrected chi connectivity index (χ1v) is 8.44. The highest BCUT2D eigenvalue weighted by Gasteiger charge is 2.13. The number of nitro benzene ring substituents is 1. The van der Waals surface area contributed by atoms with Gasteiger partial charge in [-0.15, -0.1) is 0 Å². The molecule has 1 heterocycles. The Bertz CT molecular complexity index is 1110. The van der Waals surface area contributed by atoms with E-state index in [-0.39, 0.29) is 11.5 Å². The number of ether oxygens (including phenoxy) is 1. The highest BCUT2D eigenvalue weighted by Crippen LogP contribution is 2.33. The molecule has 0 amide bonds. The summed E-state index contributed by atoms with van der Waals surface area (Å²) in [6.45, 7) is 0.384. The molecule has 0 saturated carbocycles. The molecule has 0 aromatic heterocycles. The summed E-state index contributed by atoms with van der Waals surface area (Å²) in [5.41, 5.74) is 2.25. The highest BCUT2D eigenvalue weighted by atomic mass is 16.6. The number of non-ortho nitro benzene ring substituents is 1. The second-order valence-electron chi connectivity index (χ2n) is 6.21. The van der Waals surface area contributed by atoms with Crippen LogP contribution in [0, 0.1) is 10.1 Å². The van der Waals surface area contributed by atoms with Crippen molar-refractivity contribution in [1.82, 2.24) is 0 Å². The number of ketones is 1. The van der Waals surface area contributed by atoms with Gasteiger partial charge >= 0.3 is 0 Å². The zero-order chi connectivity index (χ0) is 18.8. The third-order valence-electron chi connectivity index (χ3n) is 4.47. The Morgan fingerprint density at radius 3 is 2.59 bits per heavy atom. The van der Waals surface area contributed by atoms with Gasteiger partial charge in [0.15, 0.2) is 5.78 Å². The third kappa shape index (κ3) is 3.35. The second kappa shape index (κ2) is 6.88. The topological polar surface area (TPSA) is 69.4 Å². The van der Waals surface area contributed by atoms with Gasteiger partial charge in [0.1, 0.15) is 12.4 Å². The molecular formula is C22H15NO4. The number of benzene rings is 3. The van der Waals surface area contributed by atoms with Gasteiger partial charge < -0.3 is 4.74 Å². The van der Waals surface area contributed by atoms with Crippen LogP contribution in [0.2, 0.25) is 0 Å². The monoisotopic (exact) mass is 357 g/mol. The van der Waals surface area contributed by atoms with Crippen LogP contribution in [0.1, 0.15) is 15.9 Å². The predicted molar refractivity (Wildman–Crippen MR) is 104 cm³/mol. The van der Waals surface area contributed by atoms with Crippen LogP contribution in [0.3, 0.4) is 0 Å². The van der Waals surface area contributed by atoms with E-state index < -0.39 is 4.92 Å². The number of rotatable bonds is 4. The lowest BCUT2D eigenvalue weighted by molar-refractivity contribution is -0.384. The van der Waals surface area contributed by atoms with Gasteiger partial charge in [0.25, 0.3) is 5.69 Å². The van der Waals surface area contributed by atoms with E-state index in [1.54, 1.807) is 6.08 Å². The molecule has 0 N–H and O–H groups in total. The molecule has 3 aromatic carbocycles. The van der Waals surface area contributed by atoms with Crippen molar-refractivity contribution in [3.8, 4) is 5.75 Å². The number of carbonyl (C=O) groups is 1. The van der Waals surface area contributed by atoms with Crippen LogP contribution < -0.4 is 4.74 Å². The normalized spacial score (nSPS) is 13.1. The smallest absolute Gasteiger partial charge is 0.269 e. The minimum absolute atomic E-state index is 0.0394. The molecule has 0 spiro atoms. The lowest BCUT2D eigenvalue weighted by Gasteiger charge is -2.18. The average Bonchev–Trinajstić information content (AvgIpc) is 2.71. The quantitative estimate of drug-likeness (QED) is 0.286.